The van der Waals surface area contributed by atoms with Gasteiger partial charge in [-0.3, -0.25) is 9.79 Å². The zero-order valence-electron chi connectivity index (χ0n) is 13.7. The van der Waals surface area contributed by atoms with Crippen molar-refractivity contribution in [1.29, 1.82) is 0 Å². The molecule has 0 atom stereocenters. The molecule has 0 unspecified atom stereocenters. The van der Waals surface area contributed by atoms with Gasteiger partial charge in [0.2, 0.25) is 0 Å². The van der Waals surface area contributed by atoms with Crippen molar-refractivity contribution in [3.8, 4) is 0 Å². The zero-order chi connectivity index (χ0) is 16.7. The number of guanidine groups is 1. The van der Waals surface area contributed by atoms with Gasteiger partial charge in [0, 0.05) is 38.1 Å². The Kier molecular flexibility index (Phi) is 6.17. The number of nitrogens with zero attached hydrogens (tertiary/aromatic N) is 2. The number of thiophene rings is 1. The van der Waals surface area contributed by atoms with Crippen molar-refractivity contribution in [3.05, 3.63) is 57.8 Å². The summed E-state index contributed by atoms with van der Waals surface area (Å²) in [6, 6.07) is 11.7. The van der Waals surface area contributed by atoms with Crippen molar-refractivity contribution in [1.82, 2.24) is 15.5 Å². The maximum absolute atomic E-state index is 11.8. The monoisotopic (exact) mass is 330 g/mol. The molecule has 1 heterocycles. The van der Waals surface area contributed by atoms with Gasteiger partial charge in [0.15, 0.2) is 5.96 Å². The lowest BCUT2D eigenvalue weighted by atomic mass is 10.1. The third-order valence-electron chi connectivity index (χ3n) is 3.30. The second kappa shape index (κ2) is 8.33. The summed E-state index contributed by atoms with van der Waals surface area (Å²) in [5, 5.41) is 8.60. The molecule has 1 amide bonds. The van der Waals surface area contributed by atoms with Crippen LogP contribution in [0.25, 0.3) is 0 Å². The molecule has 0 aliphatic carbocycles. The van der Waals surface area contributed by atoms with E-state index >= 15 is 0 Å². The van der Waals surface area contributed by atoms with Crippen LogP contribution in [0.3, 0.4) is 0 Å². The molecule has 1 aromatic heterocycles. The quantitative estimate of drug-likeness (QED) is 0.653. The van der Waals surface area contributed by atoms with Crippen LogP contribution in [-0.4, -0.2) is 37.9 Å². The molecule has 2 N–H and O–H groups in total. The van der Waals surface area contributed by atoms with E-state index in [-0.39, 0.29) is 5.91 Å². The molecule has 23 heavy (non-hydrogen) atoms. The molecule has 0 saturated carbocycles. The second-order valence-corrected chi connectivity index (χ2v) is 6.29. The minimum atomic E-state index is 0.0120. The molecule has 6 heteroatoms. The highest BCUT2D eigenvalue weighted by Gasteiger charge is 2.07. The Balaban J connectivity index is 1.85. The first-order valence-corrected chi connectivity index (χ1v) is 8.25. The topological polar surface area (TPSA) is 56.7 Å². The summed E-state index contributed by atoms with van der Waals surface area (Å²) in [4.78, 5) is 18.9. The number of carbonyl (C=O) groups excluding carboxylic acids is 1. The van der Waals surface area contributed by atoms with Gasteiger partial charge in [-0.15, -0.1) is 11.3 Å². The standard InChI is InChI=1S/C17H22N4OS/c1-18-17(20-12-15-5-4-10-23-15)19-11-13-6-8-14(9-7-13)16(22)21(2)3/h4-10H,11-12H2,1-3H3,(H2,18,19,20). The summed E-state index contributed by atoms with van der Waals surface area (Å²) in [5.74, 6) is 0.768. The number of amides is 1. The van der Waals surface area contributed by atoms with Crippen LogP contribution in [0, 0.1) is 0 Å². The first-order valence-electron chi connectivity index (χ1n) is 7.37. The summed E-state index contributed by atoms with van der Waals surface area (Å²) < 4.78 is 0. The third kappa shape index (κ3) is 5.10. The smallest absolute Gasteiger partial charge is 0.253 e. The Morgan fingerprint density at radius 1 is 1.13 bits per heavy atom. The lowest BCUT2D eigenvalue weighted by molar-refractivity contribution is 0.0827. The summed E-state index contributed by atoms with van der Waals surface area (Å²) in [6.45, 7) is 1.41. The van der Waals surface area contributed by atoms with Gasteiger partial charge in [-0.1, -0.05) is 18.2 Å². The van der Waals surface area contributed by atoms with Crippen LogP contribution in [-0.2, 0) is 13.1 Å². The molecule has 0 saturated heterocycles. The molecule has 0 fully saturated rings. The number of carbonyl (C=O) groups is 1. The Labute approximate surface area is 141 Å². The fraction of sp³-hybridized carbons (Fsp3) is 0.294. The van der Waals surface area contributed by atoms with E-state index in [1.165, 1.54) is 4.88 Å². The van der Waals surface area contributed by atoms with Gasteiger partial charge in [-0.2, -0.15) is 0 Å². The predicted molar refractivity (Wildman–Crippen MR) is 95.8 cm³/mol. The Morgan fingerprint density at radius 3 is 2.39 bits per heavy atom. The van der Waals surface area contributed by atoms with Gasteiger partial charge < -0.3 is 15.5 Å². The van der Waals surface area contributed by atoms with Gasteiger partial charge in [-0.25, -0.2) is 0 Å². The third-order valence-corrected chi connectivity index (χ3v) is 4.18. The predicted octanol–water partition coefficient (Wildman–Crippen LogP) is 2.32. The van der Waals surface area contributed by atoms with Crippen molar-refractivity contribution >= 4 is 23.2 Å². The van der Waals surface area contributed by atoms with Gasteiger partial charge in [0.25, 0.3) is 5.91 Å². The summed E-state index contributed by atoms with van der Waals surface area (Å²) in [7, 11) is 5.25. The number of hydrogen-bond donors (Lipinski definition) is 2. The Morgan fingerprint density at radius 2 is 1.83 bits per heavy atom. The highest BCUT2D eigenvalue weighted by Crippen LogP contribution is 2.08. The van der Waals surface area contributed by atoms with Crippen molar-refractivity contribution in [2.24, 2.45) is 4.99 Å². The van der Waals surface area contributed by atoms with Gasteiger partial charge in [0.1, 0.15) is 0 Å². The van der Waals surface area contributed by atoms with Crippen LogP contribution in [0.15, 0.2) is 46.8 Å². The van der Waals surface area contributed by atoms with Crippen LogP contribution < -0.4 is 10.6 Å². The number of benzene rings is 1. The van der Waals surface area contributed by atoms with Crippen molar-refractivity contribution in [2.75, 3.05) is 21.1 Å². The molecular weight excluding hydrogens is 308 g/mol. The molecule has 122 valence electrons. The normalized spacial score (nSPS) is 11.2. The van der Waals surface area contributed by atoms with Crippen LogP contribution in [0.5, 0.6) is 0 Å². The molecule has 0 bridgehead atoms. The Hall–Kier alpha value is -2.34. The van der Waals surface area contributed by atoms with E-state index in [0.717, 1.165) is 18.1 Å². The highest BCUT2D eigenvalue weighted by molar-refractivity contribution is 7.09. The van der Waals surface area contributed by atoms with E-state index in [0.29, 0.717) is 12.1 Å². The van der Waals surface area contributed by atoms with E-state index in [1.807, 2.05) is 30.3 Å². The van der Waals surface area contributed by atoms with E-state index in [1.54, 1.807) is 37.4 Å². The zero-order valence-corrected chi connectivity index (χ0v) is 14.5. The summed E-state index contributed by atoms with van der Waals surface area (Å²) in [5.41, 5.74) is 1.79. The number of rotatable bonds is 5. The molecule has 0 aliphatic heterocycles. The number of aliphatic imine (C=N–C) groups is 1. The van der Waals surface area contributed by atoms with E-state index in [4.69, 9.17) is 0 Å². The van der Waals surface area contributed by atoms with Gasteiger partial charge in [-0.05, 0) is 29.1 Å². The van der Waals surface area contributed by atoms with Gasteiger partial charge >= 0.3 is 0 Å². The molecule has 0 aliphatic rings. The highest BCUT2D eigenvalue weighted by atomic mass is 32.1. The lowest BCUT2D eigenvalue weighted by Gasteiger charge is -2.12. The number of nitrogens with one attached hydrogen (secondary N) is 2. The summed E-state index contributed by atoms with van der Waals surface area (Å²) in [6.07, 6.45) is 0. The molecule has 5 nitrogen and oxygen atoms in total. The van der Waals surface area contributed by atoms with E-state index < -0.39 is 0 Å². The molecule has 0 spiro atoms. The van der Waals surface area contributed by atoms with Crippen LogP contribution in [0.1, 0.15) is 20.8 Å². The average molecular weight is 330 g/mol. The van der Waals surface area contributed by atoms with Crippen LogP contribution in [0.4, 0.5) is 0 Å². The average Bonchev–Trinajstić information content (AvgIpc) is 3.08. The van der Waals surface area contributed by atoms with Crippen molar-refractivity contribution < 1.29 is 4.79 Å². The molecule has 2 rings (SSSR count). The SMILES string of the molecule is CN=C(NCc1ccc(C(=O)N(C)C)cc1)NCc1cccs1. The number of hydrogen-bond acceptors (Lipinski definition) is 3. The van der Waals surface area contributed by atoms with Gasteiger partial charge in [0.05, 0.1) is 6.54 Å². The fourth-order valence-electron chi connectivity index (χ4n) is 2.01. The van der Waals surface area contributed by atoms with Crippen molar-refractivity contribution in [3.63, 3.8) is 0 Å². The second-order valence-electron chi connectivity index (χ2n) is 5.26. The molecular formula is C17H22N4OS. The van der Waals surface area contributed by atoms with Crippen LogP contribution >= 0.6 is 11.3 Å². The lowest BCUT2D eigenvalue weighted by Crippen LogP contribution is -2.36. The Bertz CT molecular complexity index is 648. The maximum Gasteiger partial charge on any atom is 0.253 e. The largest absolute Gasteiger partial charge is 0.352 e. The minimum Gasteiger partial charge on any atom is -0.352 e. The molecule has 0 radical (unpaired) electrons. The fourth-order valence-corrected chi connectivity index (χ4v) is 2.66. The van der Waals surface area contributed by atoms with E-state index in [9.17, 15) is 4.79 Å². The molecule has 2 aromatic rings. The van der Waals surface area contributed by atoms with E-state index in [2.05, 4.69) is 27.1 Å². The van der Waals surface area contributed by atoms with Crippen LogP contribution in [0.2, 0.25) is 0 Å². The molecule has 1 aromatic carbocycles. The van der Waals surface area contributed by atoms with Crippen molar-refractivity contribution in [2.45, 2.75) is 13.1 Å². The maximum atomic E-state index is 11.8. The first kappa shape index (κ1) is 17.0. The minimum absolute atomic E-state index is 0.0120. The summed E-state index contributed by atoms with van der Waals surface area (Å²) >= 11 is 1.72. The first-order chi connectivity index (χ1) is 11.1.